The molecule has 1 N–H and O–H groups in total. The van der Waals surface area contributed by atoms with Crippen LogP contribution in [0, 0.1) is 0 Å². The summed E-state index contributed by atoms with van der Waals surface area (Å²) < 4.78 is 5.71. The summed E-state index contributed by atoms with van der Waals surface area (Å²) in [4.78, 5) is 0. The van der Waals surface area contributed by atoms with Gasteiger partial charge in [0.05, 0.1) is 6.10 Å². The summed E-state index contributed by atoms with van der Waals surface area (Å²) in [7, 11) is 0. The van der Waals surface area contributed by atoms with Crippen molar-refractivity contribution in [3.63, 3.8) is 0 Å². The van der Waals surface area contributed by atoms with Crippen molar-refractivity contribution in [3.8, 4) is 16.9 Å². The van der Waals surface area contributed by atoms with Gasteiger partial charge in [0.25, 0.3) is 0 Å². The van der Waals surface area contributed by atoms with Gasteiger partial charge in [-0.25, -0.2) is 0 Å². The molecule has 0 bridgehead atoms. The molecule has 0 aliphatic carbocycles. The van der Waals surface area contributed by atoms with E-state index in [2.05, 4.69) is 12.1 Å². The maximum absolute atomic E-state index is 9.70. The maximum Gasteiger partial charge on any atom is 0.122 e. The van der Waals surface area contributed by atoms with Crippen LogP contribution in [0.15, 0.2) is 54.6 Å². The number of benzene rings is 2. The molecule has 2 heteroatoms. The zero-order valence-corrected chi connectivity index (χ0v) is 11.4. The van der Waals surface area contributed by atoms with Crippen LogP contribution in [0.5, 0.6) is 5.75 Å². The lowest BCUT2D eigenvalue weighted by Crippen LogP contribution is -2.27. The van der Waals surface area contributed by atoms with Crippen LogP contribution in [0.1, 0.15) is 20.3 Å². The standard InChI is InChI=1S/C17H20O2/c1-3-17(18)13(2)19-16-11-9-15(10-12-16)14-7-5-4-6-8-14/h4-13,17-18H,3H2,1-2H3. The number of aliphatic hydroxyl groups is 1. The van der Waals surface area contributed by atoms with E-state index in [1.54, 1.807) is 0 Å². The molecular formula is C17H20O2. The fraction of sp³-hybridized carbons (Fsp3) is 0.294. The summed E-state index contributed by atoms with van der Waals surface area (Å²) in [5.41, 5.74) is 2.35. The molecule has 2 nitrogen and oxygen atoms in total. The molecule has 0 fully saturated rings. The van der Waals surface area contributed by atoms with E-state index < -0.39 is 6.10 Å². The normalized spacial score (nSPS) is 13.8. The van der Waals surface area contributed by atoms with E-state index in [1.165, 1.54) is 5.56 Å². The molecule has 100 valence electrons. The molecule has 19 heavy (non-hydrogen) atoms. The van der Waals surface area contributed by atoms with Gasteiger partial charge in [0.2, 0.25) is 0 Å². The van der Waals surface area contributed by atoms with E-state index in [9.17, 15) is 5.11 Å². The third kappa shape index (κ3) is 3.58. The third-order valence-electron chi connectivity index (χ3n) is 3.24. The lowest BCUT2D eigenvalue weighted by molar-refractivity contribution is 0.0451. The van der Waals surface area contributed by atoms with Gasteiger partial charge in [0.15, 0.2) is 0 Å². The van der Waals surface area contributed by atoms with Crippen LogP contribution in [-0.4, -0.2) is 17.3 Å². The van der Waals surface area contributed by atoms with Crippen molar-refractivity contribution in [3.05, 3.63) is 54.6 Å². The highest BCUT2D eigenvalue weighted by molar-refractivity contribution is 5.63. The van der Waals surface area contributed by atoms with Gasteiger partial charge < -0.3 is 9.84 Å². The summed E-state index contributed by atoms with van der Waals surface area (Å²) in [6, 6.07) is 18.2. The number of ether oxygens (including phenoxy) is 1. The average molecular weight is 256 g/mol. The Morgan fingerprint density at radius 1 is 0.947 bits per heavy atom. The van der Waals surface area contributed by atoms with Gasteiger partial charge in [-0.3, -0.25) is 0 Å². The van der Waals surface area contributed by atoms with Crippen molar-refractivity contribution in [2.45, 2.75) is 32.5 Å². The minimum Gasteiger partial charge on any atom is -0.488 e. The molecule has 0 spiro atoms. The van der Waals surface area contributed by atoms with Crippen molar-refractivity contribution >= 4 is 0 Å². The Bertz CT molecular complexity index is 490. The molecule has 0 amide bonds. The van der Waals surface area contributed by atoms with Crippen LogP contribution in [-0.2, 0) is 0 Å². The molecule has 2 atom stereocenters. The molecule has 0 saturated heterocycles. The molecule has 0 heterocycles. The van der Waals surface area contributed by atoms with Gasteiger partial charge in [-0.05, 0) is 36.6 Å². The second-order valence-corrected chi connectivity index (χ2v) is 4.69. The number of hydrogen-bond donors (Lipinski definition) is 1. The van der Waals surface area contributed by atoms with Crippen molar-refractivity contribution in [2.75, 3.05) is 0 Å². The SMILES string of the molecule is CCC(O)C(C)Oc1ccc(-c2ccccc2)cc1. The molecule has 0 aliphatic rings. The van der Waals surface area contributed by atoms with Gasteiger partial charge in [-0.2, -0.15) is 0 Å². The zero-order chi connectivity index (χ0) is 13.7. The predicted molar refractivity (Wildman–Crippen MR) is 78.3 cm³/mol. The molecule has 0 aromatic heterocycles. The summed E-state index contributed by atoms with van der Waals surface area (Å²) in [5.74, 6) is 0.791. The van der Waals surface area contributed by atoms with Gasteiger partial charge in [0.1, 0.15) is 11.9 Å². The van der Waals surface area contributed by atoms with Gasteiger partial charge in [-0.15, -0.1) is 0 Å². The molecule has 0 aliphatic heterocycles. The first-order chi connectivity index (χ1) is 9.20. The third-order valence-corrected chi connectivity index (χ3v) is 3.24. The maximum atomic E-state index is 9.70. The molecule has 0 saturated carbocycles. The Balaban J connectivity index is 2.07. The van der Waals surface area contributed by atoms with E-state index >= 15 is 0 Å². The quantitative estimate of drug-likeness (QED) is 0.879. The Hall–Kier alpha value is -1.80. The van der Waals surface area contributed by atoms with Crippen LogP contribution in [0.2, 0.25) is 0 Å². The molecule has 2 aromatic carbocycles. The van der Waals surface area contributed by atoms with Crippen LogP contribution >= 0.6 is 0 Å². The molecule has 2 unspecified atom stereocenters. The highest BCUT2D eigenvalue weighted by atomic mass is 16.5. The van der Waals surface area contributed by atoms with Gasteiger partial charge in [-0.1, -0.05) is 49.4 Å². The summed E-state index contributed by atoms with van der Waals surface area (Å²) in [6.07, 6.45) is 0.0878. The minimum absolute atomic E-state index is 0.187. The molecular weight excluding hydrogens is 236 g/mol. The van der Waals surface area contributed by atoms with Crippen molar-refractivity contribution in [2.24, 2.45) is 0 Å². The lowest BCUT2D eigenvalue weighted by Gasteiger charge is -2.19. The summed E-state index contributed by atoms with van der Waals surface area (Å²) in [6.45, 7) is 3.84. The van der Waals surface area contributed by atoms with E-state index in [0.717, 1.165) is 11.3 Å². The number of rotatable bonds is 5. The lowest BCUT2D eigenvalue weighted by atomic mass is 10.1. The Kier molecular flexibility index (Phi) is 4.58. The monoisotopic (exact) mass is 256 g/mol. The Morgan fingerprint density at radius 3 is 2.11 bits per heavy atom. The predicted octanol–water partition coefficient (Wildman–Crippen LogP) is 3.89. The van der Waals surface area contributed by atoms with Crippen LogP contribution in [0.25, 0.3) is 11.1 Å². The first-order valence-corrected chi connectivity index (χ1v) is 6.71. The van der Waals surface area contributed by atoms with E-state index in [1.807, 2.05) is 56.3 Å². The zero-order valence-electron chi connectivity index (χ0n) is 11.4. The minimum atomic E-state index is -0.422. The van der Waals surface area contributed by atoms with E-state index in [-0.39, 0.29) is 6.10 Å². The molecule has 2 rings (SSSR count). The fourth-order valence-corrected chi connectivity index (χ4v) is 1.98. The Labute approximate surface area is 114 Å². The number of hydrogen-bond acceptors (Lipinski definition) is 2. The van der Waals surface area contributed by atoms with Crippen LogP contribution < -0.4 is 4.74 Å². The van der Waals surface area contributed by atoms with Crippen molar-refractivity contribution < 1.29 is 9.84 Å². The first-order valence-electron chi connectivity index (χ1n) is 6.71. The van der Waals surface area contributed by atoms with Gasteiger partial charge >= 0.3 is 0 Å². The van der Waals surface area contributed by atoms with Gasteiger partial charge in [0, 0.05) is 0 Å². The summed E-state index contributed by atoms with van der Waals surface area (Å²) in [5, 5.41) is 9.70. The highest BCUT2D eigenvalue weighted by Crippen LogP contribution is 2.23. The highest BCUT2D eigenvalue weighted by Gasteiger charge is 2.13. The Morgan fingerprint density at radius 2 is 1.53 bits per heavy atom. The fourth-order valence-electron chi connectivity index (χ4n) is 1.98. The first kappa shape index (κ1) is 13.6. The molecule has 2 aromatic rings. The van der Waals surface area contributed by atoms with E-state index in [4.69, 9.17) is 4.74 Å². The van der Waals surface area contributed by atoms with Crippen molar-refractivity contribution in [1.82, 2.24) is 0 Å². The summed E-state index contributed by atoms with van der Waals surface area (Å²) >= 11 is 0. The number of aliphatic hydroxyl groups excluding tert-OH is 1. The second-order valence-electron chi connectivity index (χ2n) is 4.69. The topological polar surface area (TPSA) is 29.5 Å². The average Bonchev–Trinajstić information content (AvgIpc) is 2.48. The van der Waals surface area contributed by atoms with Crippen LogP contribution in [0.4, 0.5) is 0 Å². The smallest absolute Gasteiger partial charge is 0.122 e. The van der Waals surface area contributed by atoms with Crippen molar-refractivity contribution in [1.29, 1.82) is 0 Å². The second kappa shape index (κ2) is 6.39. The molecule has 0 radical (unpaired) electrons. The van der Waals surface area contributed by atoms with Crippen LogP contribution in [0.3, 0.4) is 0 Å². The largest absolute Gasteiger partial charge is 0.488 e. The van der Waals surface area contributed by atoms with E-state index in [0.29, 0.717) is 6.42 Å².